The monoisotopic (exact) mass is 392 g/mol. The zero-order valence-corrected chi connectivity index (χ0v) is 20.0. The number of rotatable bonds is 12. The Morgan fingerprint density at radius 1 is 1.04 bits per heavy atom. The maximum atomic E-state index is 6.70. The second-order valence-electron chi connectivity index (χ2n) is 8.82. The largest absolute Gasteiger partial charge is 0.454 e. The topological polar surface area (TPSA) is 18.5 Å². The second-order valence-corrected chi connectivity index (χ2v) is 17.7. The number of unbranched alkanes of at least 4 members (excludes halogenated alkanes) is 2. The second kappa shape index (κ2) is 10.6. The zero-order chi connectivity index (χ0) is 19.8. The molecule has 1 aromatic carbocycles. The molecule has 0 saturated heterocycles. The van der Waals surface area contributed by atoms with Crippen molar-refractivity contribution in [2.45, 2.75) is 90.0 Å². The molecule has 0 radical (unpaired) electrons. The fraction of sp³-hybridized carbons (Fsp3) is 0.636. The van der Waals surface area contributed by atoms with Crippen LogP contribution in [0.3, 0.4) is 0 Å². The third kappa shape index (κ3) is 7.91. The molecule has 0 amide bonds. The molecule has 148 valence electrons. The Labute approximate surface area is 164 Å². The summed E-state index contributed by atoms with van der Waals surface area (Å²) < 4.78 is 13.4. The van der Waals surface area contributed by atoms with Crippen LogP contribution < -0.4 is 0 Å². The van der Waals surface area contributed by atoms with E-state index in [0.29, 0.717) is 0 Å². The normalized spacial score (nSPS) is 16.1. The van der Waals surface area contributed by atoms with E-state index in [4.69, 9.17) is 8.85 Å². The van der Waals surface area contributed by atoms with Gasteiger partial charge in [0.15, 0.2) is 8.32 Å². The van der Waals surface area contributed by atoms with Crippen LogP contribution in [0.15, 0.2) is 43.0 Å². The van der Waals surface area contributed by atoms with Crippen LogP contribution in [0.25, 0.3) is 0 Å². The van der Waals surface area contributed by atoms with Crippen LogP contribution in [0.4, 0.5) is 0 Å². The van der Waals surface area contributed by atoms with Crippen molar-refractivity contribution in [2.24, 2.45) is 0 Å². The average Bonchev–Trinajstić information content (AvgIpc) is 2.53. The van der Waals surface area contributed by atoms with Crippen LogP contribution in [0.5, 0.6) is 0 Å². The minimum Gasteiger partial charge on any atom is -0.454 e. The molecule has 0 fully saturated rings. The molecule has 0 heterocycles. The minimum atomic E-state index is -1.94. The van der Waals surface area contributed by atoms with E-state index in [1.165, 1.54) is 24.8 Å². The highest BCUT2D eigenvalue weighted by Gasteiger charge is 2.39. The van der Waals surface area contributed by atoms with Gasteiger partial charge in [-0.1, -0.05) is 62.6 Å². The fourth-order valence-corrected chi connectivity index (χ4v) is 11.9. The van der Waals surface area contributed by atoms with Crippen molar-refractivity contribution in [3.63, 3.8) is 0 Å². The highest BCUT2D eigenvalue weighted by Crippen LogP contribution is 2.29. The predicted molar refractivity (Wildman–Crippen MR) is 120 cm³/mol. The Morgan fingerprint density at radius 3 is 2.15 bits per heavy atom. The van der Waals surface area contributed by atoms with E-state index in [-0.39, 0.29) is 17.7 Å². The van der Waals surface area contributed by atoms with E-state index >= 15 is 0 Å². The summed E-state index contributed by atoms with van der Waals surface area (Å²) in [5.74, 6) is 0.210. The Balaban J connectivity index is 2.93. The van der Waals surface area contributed by atoms with Crippen LogP contribution in [0.1, 0.15) is 51.0 Å². The summed E-state index contributed by atoms with van der Waals surface area (Å²) in [6.07, 6.45) is 6.92. The average molecular weight is 393 g/mol. The molecule has 0 aliphatic carbocycles. The number of hydrogen-bond acceptors (Lipinski definition) is 2. The van der Waals surface area contributed by atoms with Gasteiger partial charge in [-0.2, -0.15) is 0 Å². The number of hydrogen-bond donors (Lipinski definition) is 0. The highest BCUT2D eigenvalue weighted by atomic mass is 28.4. The van der Waals surface area contributed by atoms with Gasteiger partial charge in [0.1, 0.15) is 0 Å². The SMILES string of the molecule is C=CC(c1ccccc1)C(C)OC(CCCCC)[Si](C)(C)O[Si](C)(C)C. The van der Waals surface area contributed by atoms with Crippen molar-refractivity contribution in [2.75, 3.05) is 0 Å². The third-order valence-electron chi connectivity index (χ3n) is 4.74. The van der Waals surface area contributed by atoms with Crippen LogP contribution in [0, 0.1) is 0 Å². The molecule has 0 bridgehead atoms. The van der Waals surface area contributed by atoms with Gasteiger partial charge in [0.05, 0.1) is 11.8 Å². The molecule has 0 aliphatic rings. The molecule has 3 unspecified atom stereocenters. The molecule has 1 rings (SSSR count). The van der Waals surface area contributed by atoms with Gasteiger partial charge in [0.25, 0.3) is 0 Å². The van der Waals surface area contributed by atoms with Crippen molar-refractivity contribution >= 4 is 16.6 Å². The Hall–Kier alpha value is -0.686. The first-order chi connectivity index (χ1) is 12.1. The summed E-state index contributed by atoms with van der Waals surface area (Å²) in [6, 6.07) is 10.6. The maximum absolute atomic E-state index is 6.70. The molecule has 2 nitrogen and oxygen atoms in total. The molecular weight excluding hydrogens is 352 g/mol. The van der Waals surface area contributed by atoms with E-state index in [1.54, 1.807) is 0 Å². The smallest absolute Gasteiger partial charge is 0.202 e. The first-order valence-corrected chi connectivity index (χ1v) is 16.5. The predicted octanol–water partition coefficient (Wildman–Crippen LogP) is 6.91. The van der Waals surface area contributed by atoms with Crippen LogP contribution in [-0.2, 0) is 8.85 Å². The van der Waals surface area contributed by atoms with E-state index in [9.17, 15) is 0 Å². The van der Waals surface area contributed by atoms with Crippen molar-refractivity contribution in [3.8, 4) is 0 Å². The Kier molecular flexibility index (Phi) is 9.52. The van der Waals surface area contributed by atoms with Gasteiger partial charge in [0.2, 0.25) is 8.32 Å². The maximum Gasteiger partial charge on any atom is 0.202 e. The molecule has 0 spiro atoms. The Morgan fingerprint density at radius 2 is 1.65 bits per heavy atom. The van der Waals surface area contributed by atoms with Crippen molar-refractivity contribution in [1.29, 1.82) is 0 Å². The molecule has 0 aromatic heterocycles. The molecule has 1 aromatic rings. The molecule has 3 atom stereocenters. The molecule has 4 heteroatoms. The fourth-order valence-electron chi connectivity index (χ4n) is 3.63. The molecule has 26 heavy (non-hydrogen) atoms. The summed E-state index contributed by atoms with van der Waals surface area (Å²) >= 11 is 0. The first kappa shape index (κ1) is 23.4. The number of benzene rings is 1. The van der Waals surface area contributed by atoms with Crippen LogP contribution in [-0.4, -0.2) is 28.5 Å². The van der Waals surface area contributed by atoms with Gasteiger partial charge in [-0.3, -0.25) is 0 Å². The summed E-state index contributed by atoms with van der Waals surface area (Å²) in [5.41, 5.74) is 1.50. The molecular formula is C22H40O2Si2. The van der Waals surface area contributed by atoms with Gasteiger partial charge in [0, 0.05) is 5.92 Å². The lowest BCUT2D eigenvalue weighted by Gasteiger charge is -2.40. The van der Waals surface area contributed by atoms with Gasteiger partial charge in [-0.25, -0.2) is 0 Å². The molecule has 0 aliphatic heterocycles. The summed E-state index contributed by atoms with van der Waals surface area (Å²) in [4.78, 5) is 0. The molecule has 0 saturated carbocycles. The minimum absolute atomic E-state index is 0.0959. The van der Waals surface area contributed by atoms with Gasteiger partial charge >= 0.3 is 0 Å². The highest BCUT2D eigenvalue weighted by molar-refractivity contribution is 6.84. The van der Waals surface area contributed by atoms with E-state index in [2.05, 4.69) is 83.5 Å². The Bertz CT molecular complexity index is 523. The van der Waals surface area contributed by atoms with E-state index < -0.39 is 16.6 Å². The lowest BCUT2D eigenvalue weighted by Crippen LogP contribution is -2.53. The summed E-state index contributed by atoms with van der Waals surface area (Å²) in [5, 5.41) is 0. The first-order valence-electron chi connectivity index (χ1n) is 10.1. The lowest BCUT2D eigenvalue weighted by molar-refractivity contribution is 0.0167. The van der Waals surface area contributed by atoms with E-state index in [1.807, 2.05) is 6.08 Å². The lowest BCUT2D eigenvalue weighted by atomic mass is 9.94. The van der Waals surface area contributed by atoms with Gasteiger partial charge in [-0.05, 0) is 51.6 Å². The summed E-state index contributed by atoms with van der Waals surface area (Å²) in [6.45, 7) is 20.0. The van der Waals surface area contributed by atoms with Gasteiger partial charge < -0.3 is 8.85 Å². The van der Waals surface area contributed by atoms with Gasteiger partial charge in [-0.15, -0.1) is 6.58 Å². The van der Waals surface area contributed by atoms with E-state index in [0.717, 1.165) is 6.42 Å². The molecule has 0 N–H and O–H groups in total. The van der Waals surface area contributed by atoms with Crippen molar-refractivity contribution in [3.05, 3.63) is 48.6 Å². The zero-order valence-electron chi connectivity index (χ0n) is 18.0. The van der Waals surface area contributed by atoms with Crippen molar-refractivity contribution in [1.82, 2.24) is 0 Å². The summed E-state index contributed by atoms with van der Waals surface area (Å²) in [7, 11) is -3.53. The quantitative estimate of drug-likeness (QED) is 0.219. The third-order valence-corrected chi connectivity index (χ3v) is 11.3. The van der Waals surface area contributed by atoms with Crippen molar-refractivity contribution < 1.29 is 8.85 Å². The number of ether oxygens (including phenoxy) is 1. The van der Waals surface area contributed by atoms with Crippen LogP contribution >= 0.6 is 0 Å². The van der Waals surface area contributed by atoms with Crippen LogP contribution in [0.2, 0.25) is 32.7 Å². The standard InChI is InChI=1S/C22H40O2Si2/c1-9-11-13-18-22(26(7,8)24-25(4,5)6)23-19(3)21(10-2)20-16-14-12-15-17-20/h10,12,14-17,19,21-22H,2,9,11,13,18H2,1,3-8H3.